The Morgan fingerprint density at radius 3 is 2.60 bits per heavy atom. The zero-order chi connectivity index (χ0) is 14.5. The zero-order valence-corrected chi connectivity index (χ0v) is 12.3. The molecular formula is C15H13Cl2NO2. The minimum atomic E-state index is 0.354. The van der Waals surface area contributed by atoms with E-state index in [1.807, 2.05) is 30.3 Å². The molecule has 0 bridgehead atoms. The third-order valence-corrected chi connectivity index (χ3v) is 3.54. The maximum Gasteiger partial charge on any atom is 0.128 e. The lowest BCUT2D eigenvalue weighted by molar-refractivity contribution is 0.303. The lowest BCUT2D eigenvalue weighted by Crippen LogP contribution is -2.02. The highest BCUT2D eigenvalue weighted by atomic mass is 35.5. The van der Waals surface area contributed by atoms with Crippen molar-refractivity contribution in [2.45, 2.75) is 13.5 Å². The maximum absolute atomic E-state index is 8.87. The summed E-state index contributed by atoms with van der Waals surface area (Å²) in [6.45, 7) is 2.06. The van der Waals surface area contributed by atoms with Crippen LogP contribution in [0.5, 0.6) is 5.75 Å². The van der Waals surface area contributed by atoms with Crippen LogP contribution in [0.15, 0.2) is 47.6 Å². The topological polar surface area (TPSA) is 41.8 Å². The van der Waals surface area contributed by atoms with Crippen LogP contribution >= 0.6 is 23.2 Å². The molecule has 20 heavy (non-hydrogen) atoms. The van der Waals surface area contributed by atoms with Crippen LogP contribution in [-0.2, 0) is 6.61 Å². The predicted octanol–water partition coefficient (Wildman–Crippen LogP) is 4.77. The molecule has 0 unspecified atom stereocenters. The van der Waals surface area contributed by atoms with Gasteiger partial charge in [0.25, 0.3) is 0 Å². The van der Waals surface area contributed by atoms with Gasteiger partial charge in [-0.25, -0.2) is 0 Å². The van der Waals surface area contributed by atoms with Crippen LogP contribution in [0.25, 0.3) is 0 Å². The fourth-order valence-electron chi connectivity index (χ4n) is 1.74. The molecule has 0 aliphatic rings. The molecule has 0 aliphatic carbocycles. The Kier molecular flexibility index (Phi) is 4.88. The normalized spacial score (nSPS) is 11.4. The van der Waals surface area contributed by atoms with Crippen molar-refractivity contribution in [3.8, 4) is 5.75 Å². The van der Waals surface area contributed by atoms with E-state index in [-0.39, 0.29) is 0 Å². The predicted molar refractivity (Wildman–Crippen MR) is 81.2 cm³/mol. The average Bonchev–Trinajstić information content (AvgIpc) is 2.48. The Morgan fingerprint density at radius 1 is 1.15 bits per heavy atom. The number of hydrogen-bond acceptors (Lipinski definition) is 3. The van der Waals surface area contributed by atoms with Gasteiger partial charge in [0.2, 0.25) is 0 Å². The largest absolute Gasteiger partial charge is 0.488 e. The van der Waals surface area contributed by atoms with Crippen LogP contribution in [0.3, 0.4) is 0 Å². The molecule has 3 nitrogen and oxygen atoms in total. The number of nitrogens with zero attached hydrogens (tertiary/aromatic N) is 1. The molecule has 0 saturated carbocycles. The van der Waals surface area contributed by atoms with Crippen LogP contribution in [-0.4, -0.2) is 10.9 Å². The van der Waals surface area contributed by atoms with Crippen molar-refractivity contribution in [2.75, 3.05) is 0 Å². The quantitative estimate of drug-likeness (QED) is 0.502. The fourth-order valence-corrected chi connectivity index (χ4v) is 2.06. The molecule has 0 radical (unpaired) electrons. The molecule has 0 saturated heterocycles. The first-order valence-corrected chi connectivity index (χ1v) is 6.72. The van der Waals surface area contributed by atoms with Crippen molar-refractivity contribution >= 4 is 28.9 Å². The number of halogens is 2. The summed E-state index contributed by atoms with van der Waals surface area (Å²) in [5.74, 6) is 0.647. The summed E-state index contributed by atoms with van der Waals surface area (Å²) in [6.07, 6.45) is 0. The van der Waals surface area contributed by atoms with Gasteiger partial charge in [-0.3, -0.25) is 0 Å². The molecule has 2 aromatic carbocycles. The molecule has 0 atom stereocenters. The van der Waals surface area contributed by atoms with Crippen molar-refractivity contribution in [1.29, 1.82) is 0 Å². The van der Waals surface area contributed by atoms with Gasteiger partial charge in [-0.05, 0) is 36.8 Å². The molecule has 0 amide bonds. The summed E-state index contributed by atoms with van der Waals surface area (Å²) >= 11 is 11.8. The minimum absolute atomic E-state index is 0.354. The maximum atomic E-state index is 8.87. The first-order chi connectivity index (χ1) is 9.61. The Balaban J connectivity index is 2.17. The van der Waals surface area contributed by atoms with Gasteiger partial charge in [0.05, 0.1) is 15.8 Å². The van der Waals surface area contributed by atoms with E-state index in [1.54, 1.807) is 19.1 Å². The number of ether oxygens (including phenoxy) is 1. The fraction of sp³-hybridized carbons (Fsp3) is 0.133. The molecule has 0 aromatic heterocycles. The second-order valence-electron chi connectivity index (χ2n) is 4.22. The number of rotatable bonds is 4. The summed E-state index contributed by atoms with van der Waals surface area (Å²) in [5.41, 5.74) is 2.15. The van der Waals surface area contributed by atoms with Gasteiger partial charge in [0, 0.05) is 5.56 Å². The van der Waals surface area contributed by atoms with E-state index < -0.39 is 0 Å². The highest BCUT2D eigenvalue weighted by molar-refractivity contribution is 6.42. The van der Waals surface area contributed by atoms with Gasteiger partial charge in [-0.2, -0.15) is 0 Å². The highest BCUT2D eigenvalue weighted by Gasteiger charge is 2.07. The standard InChI is InChI=1S/C15H13Cl2NO2/c1-10(18-19)12-4-2-3-5-15(12)20-9-11-6-7-13(16)14(17)8-11/h2-8,19H,9H2,1H3/b18-10+. The Labute approximate surface area is 127 Å². The summed E-state index contributed by atoms with van der Waals surface area (Å²) in [7, 11) is 0. The van der Waals surface area contributed by atoms with Crippen LogP contribution in [0.2, 0.25) is 10.0 Å². The molecule has 1 N–H and O–H groups in total. The summed E-state index contributed by atoms with van der Waals surface area (Å²) in [6, 6.07) is 12.7. The smallest absolute Gasteiger partial charge is 0.128 e. The van der Waals surface area contributed by atoms with Gasteiger partial charge in [0.15, 0.2) is 0 Å². The molecule has 104 valence electrons. The Morgan fingerprint density at radius 2 is 1.90 bits per heavy atom. The second kappa shape index (κ2) is 6.64. The van der Waals surface area contributed by atoms with E-state index in [9.17, 15) is 0 Å². The summed E-state index contributed by atoms with van der Waals surface area (Å²) in [5, 5.41) is 13.1. The van der Waals surface area contributed by atoms with Crippen molar-refractivity contribution in [1.82, 2.24) is 0 Å². The van der Waals surface area contributed by atoms with E-state index in [4.69, 9.17) is 33.1 Å². The third-order valence-electron chi connectivity index (χ3n) is 2.81. The summed E-state index contributed by atoms with van der Waals surface area (Å²) < 4.78 is 5.75. The van der Waals surface area contributed by atoms with Crippen LogP contribution in [0.4, 0.5) is 0 Å². The van der Waals surface area contributed by atoms with Crippen LogP contribution in [0.1, 0.15) is 18.1 Å². The Bertz CT molecular complexity index is 642. The molecule has 2 rings (SSSR count). The SMILES string of the molecule is C/C(=N\O)c1ccccc1OCc1ccc(Cl)c(Cl)c1. The van der Waals surface area contributed by atoms with Crippen molar-refractivity contribution < 1.29 is 9.94 Å². The molecule has 0 fully saturated rings. The molecule has 0 heterocycles. The van der Waals surface area contributed by atoms with Crippen molar-refractivity contribution in [2.24, 2.45) is 5.16 Å². The Hall–Kier alpha value is -1.71. The number of oxime groups is 1. The molecular weight excluding hydrogens is 297 g/mol. The van der Waals surface area contributed by atoms with Crippen LogP contribution in [0, 0.1) is 0 Å². The summed E-state index contributed by atoms with van der Waals surface area (Å²) in [4.78, 5) is 0. The zero-order valence-electron chi connectivity index (χ0n) is 10.8. The molecule has 2 aromatic rings. The number of para-hydroxylation sites is 1. The van der Waals surface area contributed by atoms with Gasteiger partial charge < -0.3 is 9.94 Å². The molecule has 5 heteroatoms. The van der Waals surface area contributed by atoms with Gasteiger partial charge in [-0.15, -0.1) is 0 Å². The van der Waals surface area contributed by atoms with Gasteiger partial charge in [0.1, 0.15) is 12.4 Å². The van der Waals surface area contributed by atoms with E-state index in [0.717, 1.165) is 11.1 Å². The molecule has 0 aliphatic heterocycles. The average molecular weight is 310 g/mol. The lowest BCUT2D eigenvalue weighted by Gasteiger charge is -2.11. The second-order valence-corrected chi connectivity index (χ2v) is 5.03. The highest BCUT2D eigenvalue weighted by Crippen LogP contribution is 2.24. The van der Waals surface area contributed by atoms with Crippen molar-refractivity contribution in [3.05, 3.63) is 63.6 Å². The minimum Gasteiger partial charge on any atom is -0.488 e. The van der Waals surface area contributed by atoms with Gasteiger partial charge >= 0.3 is 0 Å². The third kappa shape index (κ3) is 3.44. The van der Waals surface area contributed by atoms with E-state index in [2.05, 4.69) is 5.16 Å². The van der Waals surface area contributed by atoms with E-state index >= 15 is 0 Å². The van der Waals surface area contributed by atoms with Gasteiger partial charge in [-0.1, -0.05) is 46.6 Å². The number of hydrogen-bond donors (Lipinski definition) is 1. The van der Waals surface area contributed by atoms with E-state index in [1.165, 1.54) is 0 Å². The van der Waals surface area contributed by atoms with E-state index in [0.29, 0.717) is 28.1 Å². The number of benzene rings is 2. The first kappa shape index (κ1) is 14.7. The monoisotopic (exact) mass is 309 g/mol. The molecule has 0 spiro atoms. The van der Waals surface area contributed by atoms with Crippen molar-refractivity contribution in [3.63, 3.8) is 0 Å². The first-order valence-electron chi connectivity index (χ1n) is 5.96. The lowest BCUT2D eigenvalue weighted by atomic mass is 10.1. The van der Waals surface area contributed by atoms with Crippen LogP contribution < -0.4 is 4.74 Å².